The van der Waals surface area contributed by atoms with Crippen LogP contribution in [-0.4, -0.2) is 18.4 Å². The van der Waals surface area contributed by atoms with E-state index in [9.17, 15) is 9.59 Å². The van der Waals surface area contributed by atoms with E-state index < -0.39 is 0 Å². The molecule has 3 nitrogen and oxygen atoms in total. The topological polar surface area (TPSA) is 43.4 Å². The molecule has 4 heteroatoms. The summed E-state index contributed by atoms with van der Waals surface area (Å²) < 4.78 is 5.04. The summed E-state index contributed by atoms with van der Waals surface area (Å²) in [5.74, 6) is -0.224. The third kappa shape index (κ3) is 13.4. The van der Waals surface area contributed by atoms with Crippen molar-refractivity contribution in [2.75, 3.05) is 0 Å². The minimum Gasteiger partial charge on any atom is -0.463 e. The fraction of sp³-hybridized carbons (Fsp3) is 0.600. The first kappa shape index (κ1) is 20.5. The van der Waals surface area contributed by atoms with Gasteiger partial charge in [-0.25, -0.2) is 0 Å². The van der Waals surface area contributed by atoms with Gasteiger partial charge in [0.15, 0.2) is 0 Å². The molecule has 19 heavy (non-hydrogen) atoms. The van der Waals surface area contributed by atoms with Crippen molar-refractivity contribution in [2.45, 2.75) is 59.5 Å². The van der Waals surface area contributed by atoms with Crippen molar-refractivity contribution in [3.63, 3.8) is 0 Å². The smallest absolute Gasteiger partial charge is 0.302 e. The van der Waals surface area contributed by atoms with Crippen molar-refractivity contribution < 1.29 is 31.4 Å². The molecule has 1 atom stereocenters. The van der Waals surface area contributed by atoms with Gasteiger partial charge in [-0.2, -0.15) is 0 Å². The molecule has 0 saturated heterocycles. The van der Waals surface area contributed by atoms with Crippen molar-refractivity contribution >= 4 is 12.3 Å². The van der Waals surface area contributed by atoms with E-state index in [0.717, 1.165) is 37.5 Å². The number of aldehydes is 1. The van der Waals surface area contributed by atoms with Gasteiger partial charge in [-0.15, -0.1) is 0 Å². The Kier molecular flexibility index (Phi) is 13.1. The largest absolute Gasteiger partial charge is 0.463 e. The van der Waals surface area contributed by atoms with Gasteiger partial charge >= 0.3 is 5.97 Å². The average Bonchev–Trinajstić information content (AvgIpc) is 2.27. The molecule has 0 amide bonds. The molecule has 0 aliphatic rings. The summed E-state index contributed by atoms with van der Waals surface area (Å²) in [5.41, 5.74) is 2.09. The molecular formula is C15H24MnO3. The monoisotopic (exact) mass is 307 g/mol. The van der Waals surface area contributed by atoms with Gasteiger partial charge in [0.1, 0.15) is 6.29 Å². The number of carbonyl (C=O) groups excluding carboxylic acids is 2. The molecule has 0 rings (SSSR count). The molecule has 1 radical (unpaired) electrons. The number of rotatable bonds is 8. The van der Waals surface area contributed by atoms with Gasteiger partial charge in [0.2, 0.25) is 0 Å². The second-order valence-corrected chi connectivity index (χ2v) is 4.65. The Morgan fingerprint density at radius 2 is 1.79 bits per heavy atom. The van der Waals surface area contributed by atoms with E-state index in [1.807, 2.05) is 19.9 Å². The first-order chi connectivity index (χ1) is 8.45. The Labute approximate surface area is 127 Å². The third-order valence-electron chi connectivity index (χ3n) is 2.62. The van der Waals surface area contributed by atoms with Gasteiger partial charge in [-0.05, 0) is 52.0 Å². The predicted molar refractivity (Wildman–Crippen MR) is 73.3 cm³/mol. The van der Waals surface area contributed by atoms with Crippen LogP contribution in [0.4, 0.5) is 0 Å². The van der Waals surface area contributed by atoms with Crippen molar-refractivity contribution in [1.82, 2.24) is 0 Å². The van der Waals surface area contributed by atoms with E-state index >= 15 is 0 Å². The van der Waals surface area contributed by atoms with Gasteiger partial charge in [0.25, 0.3) is 0 Å². The van der Waals surface area contributed by atoms with Crippen LogP contribution in [0.25, 0.3) is 0 Å². The molecule has 0 aromatic rings. The molecule has 0 N–H and O–H groups in total. The van der Waals surface area contributed by atoms with Crippen LogP contribution in [0.2, 0.25) is 0 Å². The molecule has 0 aliphatic heterocycles. The maximum absolute atomic E-state index is 10.7. The Hall–Kier alpha value is -0.861. The van der Waals surface area contributed by atoms with Crippen molar-refractivity contribution in [3.05, 3.63) is 23.3 Å². The normalized spacial score (nSPS) is 13.5. The zero-order valence-corrected chi connectivity index (χ0v) is 13.4. The molecule has 0 fully saturated rings. The summed E-state index contributed by atoms with van der Waals surface area (Å²) in [6.45, 7) is 7.23. The van der Waals surface area contributed by atoms with Gasteiger partial charge in [-0.1, -0.05) is 17.7 Å². The second-order valence-electron chi connectivity index (χ2n) is 4.65. The Bertz CT molecular complexity index is 332. The molecular weight excluding hydrogens is 283 g/mol. The molecule has 0 heterocycles. The summed E-state index contributed by atoms with van der Waals surface area (Å²) in [5, 5.41) is 0. The second kappa shape index (κ2) is 12.2. The zero-order valence-electron chi connectivity index (χ0n) is 12.2. The maximum atomic E-state index is 10.7. The summed E-state index contributed by atoms with van der Waals surface area (Å²) in [6.07, 6.45) is 8.59. The summed E-state index contributed by atoms with van der Waals surface area (Å²) in [7, 11) is 0. The summed E-state index contributed by atoms with van der Waals surface area (Å²) in [6, 6.07) is 0. The van der Waals surface area contributed by atoms with E-state index in [0.29, 0.717) is 0 Å². The van der Waals surface area contributed by atoms with Crippen molar-refractivity contribution in [1.29, 1.82) is 0 Å². The van der Waals surface area contributed by atoms with Crippen LogP contribution in [-0.2, 0) is 31.4 Å². The number of hydrogen-bond donors (Lipinski definition) is 0. The van der Waals surface area contributed by atoms with E-state index in [1.54, 1.807) is 0 Å². The number of ether oxygens (including phenoxy) is 1. The van der Waals surface area contributed by atoms with Gasteiger partial charge in [0.05, 0.1) is 6.10 Å². The van der Waals surface area contributed by atoms with Crippen LogP contribution in [0.3, 0.4) is 0 Å². The van der Waals surface area contributed by atoms with E-state index in [2.05, 4.69) is 13.0 Å². The molecule has 1 unspecified atom stereocenters. The van der Waals surface area contributed by atoms with Gasteiger partial charge in [0, 0.05) is 24.0 Å². The van der Waals surface area contributed by atoms with Crippen molar-refractivity contribution in [2.24, 2.45) is 0 Å². The summed E-state index contributed by atoms with van der Waals surface area (Å²) in [4.78, 5) is 21.1. The third-order valence-corrected chi connectivity index (χ3v) is 2.62. The van der Waals surface area contributed by atoms with E-state index in [-0.39, 0.29) is 29.1 Å². The number of hydrogen-bond acceptors (Lipinski definition) is 3. The van der Waals surface area contributed by atoms with Gasteiger partial charge < -0.3 is 4.74 Å². The molecule has 0 aromatic carbocycles. The summed E-state index contributed by atoms with van der Waals surface area (Å²) >= 11 is 0. The van der Waals surface area contributed by atoms with E-state index in [4.69, 9.17) is 4.74 Å². The van der Waals surface area contributed by atoms with Crippen LogP contribution in [0.5, 0.6) is 0 Å². The maximum Gasteiger partial charge on any atom is 0.302 e. The SMILES string of the molecule is CC(=O)OC(C)CC/C=C(\C)CC/C=C(/C)C=O.[Mn]. The van der Waals surface area contributed by atoms with E-state index in [1.165, 1.54) is 12.5 Å². The van der Waals surface area contributed by atoms with Crippen LogP contribution >= 0.6 is 0 Å². The molecule has 0 spiro atoms. The van der Waals surface area contributed by atoms with Crippen LogP contribution in [0, 0.1) is 0 Å². The zero-order chi connectivity index (χ0) is 14.0. The quantitative estimate of drug-likeness (QED) is 0.226. The minimum atomic E-state index is -0.224. The number of allylic oxidation sites excluding steroid dienone is 4. The Balaban J connectivity index is 0. The van der Waals surface area contributed by atoms with Crippen LogP contribution < -0.4 is 0 Å². The van der Waals surface area contributed by atoms with Crippen molar-refractivity contribution in [3.8, 4) is 0 Å². The molecule has 0 aliphatic carbocycles. The number of carbonyl (C=O) groups is 2. The molecule has 0 bridgehead atoms. The minimum absolute atomic E-state index is 0. The fourth-order valence-electron chi connectivity index (χ4n) is 1.58. The average molecular weight is 307 g/mol. The first-order valence-corrected chi connectivity index (χ1v) is 6.40. The first-order valence-electron chi connectivity index (χ1n) is 6.40. The van der Waals surface area contributed by atoms with Crippen LogP contribution in [0.15, 0.2) is 23.3 Å². The molecule has 0 saturated carbocycles. The molecule has 109 valence electrons. The Morgan fingerprint density at radius 3 is 2.32 bits per heavy atom. The fourth-order valence-corrected chi connectivity index (χ4v) is 1.58. The van der Waals surface area contributed by atoms with Gasteiger partial charge in [-0.3, -0.25) is 9.59 Å². The molecule has 0 aromatic heterocycles. The standard InChI is InChI=1S/C15H24O3.Mn/c1-12(7-5-9-13(2)11-16)8-6-10-14(3)18-15(4)17;/h8-9,11,14H,5-7,10H2,1-4H3;/b12-8+,13-9-;. The van der Waals surface area contributed by atoms with Crippen LogP contribution in [0.1, 0.15) is 53.4 Å². The number of esters is 1. The predicted octanol–water partition coefficient (Wildman–Crippen LogP) is 3.59. The Morgan fingerprint density at radius 1 is 1.16 bits per heavy atom.